The van der Waals surface area contributed by atoms with Gasteiger partial charge in [0.15, 0.2) is 0 Å². The van der Waals surface area contributed by atoms with Gasteiger partial charge >= 0.3 is 0 Å². The molecule has 0 radical (unpaired) electrons. The van der Waals surface area contributed by atoms with E-state index in [4.69, 9.17) is 0 Å². The summed E-state index contributed by atoms with van der Waals surface area (Å²) in [6.07, 6.45) is 7.42. The highest BCUT2D eigenvalue weighted by Gasteiger charge is 2.42. The van der Waals surface area contributed by atoms with E-state index < -0.39 is 0 Å². The van der Waals surface area contributed by atoms with Crippen molar-refractivity contribution >= 4 is 44.4 Å². The Bertz CT molecular complexity index is 1480. The SMILES string of the molecule is CCCCC1(CCCC)c2cc(I)ccc2-c2ccc(-n3c4ccccc4c4ccccc43)cc21. The van der Waals surface area contributed by atoms with Gasteiger partial charge in [0.05, 0.1) is 11.0 Å². The third-order valence-electron chi connectivity index (χ3n) is 8.06. The monoisotopic (exact) mass is 569 g/mol. The second-order valence-corrected chi connectivity index (χ2v) is 11.3. The summed E-state index contributed by atoms with van der Waals surface area (Å²) in [5, 5.41) is 2.65. The quantitative estimate of drug-likeness (QED) is 0.172. The number of nitrogens with zero attached hydrogens (tertiary/aromatic N) is 1. The van der Waals surface area contributed by atoms with Gasteiger partial charge in [-0.05, 0) is 94.1 Å². The Morgan fingerprint density at radius 3 is 1.80 bits per heavy atom. The molecule has 6 rings (SSSR count). The highest BCUT2D eigenvalue weighted by Crippen LogP contribution is 2.55. The lowest BCUT2D eigenvalue weighted by Gasteiger charge is -2.33. The molecule has 176 valence electrons. The minimum Gasteiger partial charge on any atom is -0.309 e. The maximum absolute atomic E-state index is 2.53. The number of fused-ring (bicyclic) bond motifs is 6. The summed E-state index contributed by atoms with van der Waals surface area (Å²) >= 11 is 2.49. The molecule has 1 aromatic heterocycles. The standard InChI is InChI=1S/C33H32IN/c1-3-5-19-33(20-6-4-2)29-21-23(34)15-17-25(29)26-18-16-24(22-30(26)33)35-31-13-9-7-11-27(31)28-12-8-10-14-32(28)35/h7-18,21-22H,3-6,19-20H2,1-2H3. The Morgan fingerprint density at radius 2 is 1.20 bits per heavy atom. The van der Waals surface area contributed by atoms with Gasteiger partial charge in [-0.1, -0.05) is 88.1 Å². The molecule has 4 aromatic carbocycles. The average molecular weight is 570 g/mol. The van der Waals surface area contributed by atoms with Crippen LogP contribution < -0.4 is 0 Å². The first-order valence-electron chi connectivity index (χ1n) is 13.1. The first-order valence-corrected chi connectivity index (χ1v) is 14.2. The molecule has 0 N–H and O–H groups in total. The Kier molecular flexibility index (Phi) is 5.96. The van der Waals surface area contributed by atoms with Crippen LogP contribution >= 0.6 is 22.6 Å². The number of para-hydroxylation sites is 2. The van der Waals surface area contributed by atoms with Crippen LogP contribution in [0.2, 0.25) is 0 Å². The van der Waals surface area contributed by atoms with E-state index in [-0.39, 0.29) is 5.41 Å². The molecule has 1 aliphatic rings. The van der Waals surface area contributed by atoms with Gasteiger partial charge in [-0.25, -0.2) is 0 Å². The molecule has 0 atom stereocenters. The van der Waals surface area contributed by atoms with E-state index in [1.807, 2.05) is 0 Å². The molecule has 0 amide bonds. The number of aromatic nitrogens is 1. The first-order chi connectivity index (χ1) is 17.2. The number of benzene rings is 4. The summed E-state index contributed by atoms with van der Waals surface area (Å²) in [6, 6.07) is 32.1. The number of unbranched alkanes of at least 4 members (excludes halogenated alkanes) is 2. The van der Waals surface area contributed by atoms with Gasteiger partial charge < -0.3 is 4.57 Å². The highest BCUT2D eigenvalue weighted by molar-refractivity contribution is 14.1. The van der Waals surface area contributed by atoms with Crippen molar-refractivity contribution in [1.82, 2.24) is 4.57 Å². The second kappa shape index (κ2) is 9.13. The zero-order valence-electron chi connectivity index (χ0n) is 20.7. The molecular formula is C33H32IN. The van der Waals surface area contributed by atoms with Crippen LogP contribution in [-0.4, -0.2) is 4.57 Å². The molecule has 5 aromatic rings. The van der Waals surface area contributed by atoms with Crippen LogP contribution in [0.1, 0.15) is 63.5 Å². The third-order valence-corrected chi connectivity index (χ3v) is 8.73. The molecule has 0 saturated carbocycles. The van der Waals surface area contributed by atoms with Gasteiger partial charge in [0, 0.05) is 25.4 Å². The summed E-state index contributed by atoms with van der Waals surface area (Å²) < 4.78 is 3.82. The van der Waals surface area contributed by atoms with E-state index in [0.29, 0.717) is 0 Å². The van der Waals surface area contributed by atoms with Crippen molar-refractivity contribution in [1.29, 1.82) is 0 Å². The Morgan fingerprint density at radius 1 is 0.657 bits per heavy atom. The van der Waals surface area contributed by atoms with Crippen molar-refractivity contribution < 1.29 is 0 Å². The molecule has 2 heteroatoms. The summed E-state index contributed by atoms with van der Waals surface area (Å²) in [5.41, 5.74) is 9.93. The molecule has 0 spiro atoms. The van der Waals surface area contributed by atoms with E-state index in [1.165, 1.54) is 86.3 Å². The lowest BCUT2D eigenvalue weighted by molar-refractivity contribution is 0.414. The van der Waals surface area contributed by atoms with Crippen molar-refractivity contribution in [2.24, 2.45) is 0 Å². The van der Waals surface area contributed by atoms with E-state index in [2.05, 4.69) is 126 Å². The van der Waals surface area contributed by atoms with Crippen molar-refractivity contribution in [3.63, 3.8) is 0 Å². The predicted molar refractivity (Wildman–Crippen MR) is 159 cm³/mol. The molecule has 1 nitrogen and oxygen atoms in total. The molecule has 0 aliphatic heterocycles. The highest BCUT2D eigenvalue weighted by atomic mass is 127. The topological polar surface area (TPSA) is 4.93 Å². The lowest BCUT2D eigenvalue weighted by atomic mass is 9.71. The number of hydrogen-bond donors (Lipinski definition) is 0. The number of rotatable bonds is 7. The number of hydrogen-bond acceptors (Lipinski definition) is 0. The van der Waals surface area contributed by atoms with E-state index in [9.17, 15) is 0 Å². The number of halogens is 1. The molecule has 35 heavy (non-hydrogen) atoms. The predicted octanol–water partition coefficient (Wildman–Crippen LogP) is 10.0. The largest absolute Gasteiger partial charge is 0.309 e. The van der Waals surface area contributed by atoms with Crippen LogP contribution in [0.15, 0.2) is 84.9 Å². The van der Waals surface area contributed by atoms with Crippen LogP contribution in [0.25, 0.3) is 38.6 Å². The second-order valence-electron chi connectivity index (χ2n) is 10.1. The first kappa shape index (κ1) is 22.8. The third kappa shape index (κ3) is 3.56. The molecule has 0 fully saturated rings. The zero-order chi connectivity index (χ0) is 24.0. The van der Waals surface area contributed by atoms with Gasteiger partial charge in [0.25, 0.3) is 0 Å². The van der Waals surface area contributed by atoms with E-state index >= 15 is 0 Å². The zero-order valence-corrected chi connectivity index (χ0v) is 22.8. The minimum absolute atomic E-state index is 0.104. The fourth-order valence-corrected chi connectivity index (χ4v) is 6.91. The van der Waals surface area contributed by atoms with Crippen LogP contribution in [0, 0.1) is 3.57 Å². The van der Waals surface area contributed by atoms with Gasteiger partial charge in [-0.2, -0.15) is 0 Å². The van der Waals surface area contributed by atoms with Gasteiger partial charge in [0.1, 0.15) is 0 Å². The van der Waals surface area contributed by atoms with Crippen molar-refractivity contribution in [3.05, 3.63) is 99.6 Å². The smallest absolute Gasteiger partial charge is 0.0541 e. The Labute approximate surface area is 222 Å². The Hall–Kier alpha value is -2.59. The maximum atomic E-state index is 2.53. The molecule has 1 heterocycles. The normalized spacial score (nSPS) is 13.9. The Balaban J connectivity index is 1.63. The van der Waals surface area contributed by atoms with Crippen molar-refractivity contribution in [2.45, 2.75) is 57.8 Å². The van der Waals surface area contributed by atoms with Gasteiger partial charge in [0.2, 0.25) is 0 Å². The molecule has 1 aliphatic carbocycles. The molecular weight excluding hydrogens is 537 g/mol. The molecule has 0 bridgehead atoms. The fraction of sp³-hybridized carbons (Fsp3) is 0.273. The summed E-state index contributed by atoms with van der Waals surface area (Å²) in [4.78, 5) is 0. The van der Waals surface area contributed by atoms with E-state index in [1.54, 1.807) is 5.56 Å². The van der Waals surface area contributed by atoms with Crippen LogP contribution in [0.3, 0.4) is 0 Å². The van der Waals surface area contributed by atoms with Crippen molar-refractivity contribution in [2.75, 3.05) is 0 Å². The summed E-state index contributed by atoms with van der Waals surface area (Å²) in [6.45, 7) is 4.65. The van der Waals surface area contributed by atoms with Gasteiger partial charge in [-0.3, -0.25) is 0 Å². The van der Waals surface area contributed by atoms with Gasteiger partial charge in [-0.15, -0.1) is 0 Å². The average Bonchev–Trinajstić information content (AvgIpc) is 3.36. The van der Waals surface area contributed by atoms with Crippen LogP contribution in [0.4, 0.5) is 0 Å². The molecule has 0 unspecified atom stereocenters. The minimum atomic E-state index is 0.104. The van der Waals surface area contributed by atoms with Crippen LogP contribution in [0.5, 0.6) is 0 Å². The summed E-state index contributed by atoms with van der Waals surface area (Å²) in [7, 11) is 0. The van der Waals surface area contributed by atoms with E-state index in [0.717, 1.165) is 0 Å². The lowest BCUT2D eigenvalue weighted by Crippen LogP contribution is -2.25. The fourth-order valence-electron chi connectivity index (χ4n) is 6.42. The van der Waals surface area contributed by atoms with Crippen molar-refractivity contribution in [3.8, 4) is 16.8 Å². The van der Waals surface area contributed by atoms with Crippen LogP contribution in [-0.2, 0) is 5.41 Å². The summed E-state index contributed by atoms with van der Waals surface area (Å²) in [5.74, 6) is 0. The molecule has 0 saturated heterocycles. The maximum Gasteiger partial charge on any atom is 0.0541 e.